The van der Waals surface area contributed by atoms with Gasteiger partial charge in [0.2, 0.25) is 0 Å². The summed E-state index contributed by atoms with van der Waals surface area (Å²) in [6.07, 6.45) is 4.47. The number of nitro groups is 1. The Morgan fingerprint density at radius 2 is 1.84 bits per heavy atom. The van der Waals surface area contributed by atoms with Gasteiger partial charge >= 0.3 is 0 Å². The van der Waals surface area contributed by atoms with Crippen LogP contribution < -0.4 is 5.32 Å². The number of hydrogen-bond donors (Lipinski definition) is 1. The van der Waals surface area contributed by atoms with Crippen molar-refractivity contribution < 1.29 is 14.1 Å². The van der Waals surface area contributed by atoms with E-state index in [9.17, 15) is 14.9 Å². The number of carbonyl (C=O) groups is 1. The highest BCUT2D eigenvalue weighted by Crippen LogP contribution is 2.45. The molecule has 0 radical (unpaired) electrons. The van der Waals surface area contributed by atoms with Gasteiger partial charge in [0.25, 0.3) is 11.6 Å². The molecule has 0 saturated heterocycles. The Balaban J connectivity index is 1.44. The molecule has 194 valence electrons. The summed E-state index contributed by atoms with van der Waals surface area (Å²) in [6.45, 7) is 6.83. The van der Waals surface area contributed by atoms with E-state index in [4.69, 9.17) is 9.41 Å². The highest BCUT2D eigenvalue weighted by Gasteiger charge is 2.33. The Hall–Kier alpha value is -4.04. The van der Waals surface area contributed by atoms with Gasteiger partial charge in [0, 0.05) is 28.3 Å². The number of nitro benzene ring substituents is 1. The number of aliphatic imine (C=N–C) groups is 1. The first kappa shape index (κ1) is 25.6. The fourth-order valence-corrected chi connectivity index (χ4v) is 6.07. The molecule has 0 aliphatic heterocycles. The molecule has 0 spiro atoms. The monoisotopic (exact) mass is 527 g/mol. The lowest BCUT2D eigenvalue weighted by atomic mass is 9.72. The molecule has 7 nitrogen and oxygen atoms in total. The number of amides is 1. The van der Waals surface area contributed by atoms with Gasteiger partial charge in [-0.05, 0) is 72.6 Å². The van der Waals surface area contributed by atoms with Crippen molar-refractivity contribution in [2.24, 2.45) is 16.3 Å². The van der Waals surface area contributed by atoms with E-state index < -0.39 is 4.92 Å². The molecular formula is C30H29N3O4S. The molecule has 1 N–H and O–H groups in total. The van der Waals surface area contributed by atoms with Crippen LogP contribution in [0.2, 0.25) is 0 Å². The zero-order valence-corrected chi connectivity index (χ0v) is 22.4. The number of fused-ring (bicyclic) bond motifs is 1. The molecular weight excluding hydrogens is 498 g/mol. The van der Waals surface area contributed by atoms with Crippen molar-refractivity contribution in [3.8, 4) is 11.3 Å². The summed E-state index contributed by atoms with van der Waals surface area (Å²) in [5.41, 5.74) is 3.44. The molecule has 2 heterocycles. The maximum absolute atomic E-state index is 13.5. The van der Waals surface area contributed by atoms with Crippen molar-refractivity contribution in [2.75, 3.05) is 5.32 Å². The van der Waals surface area contributed by atoms with Crippen LogP contribution in [0.15, 0.2) is 76.1 Å². The lowest BCUT2D eigenvalue weighted by Crippen LogP contribution is -2.27. The highest BCUT2D eigenvalue weighted by molar-refractivity contribution is 7.16. The summed E-state index contributed by atoms with van der Waals surface area (Å²) in [5.74, 6) is 1.51. The minimum atomic E-state index is -0.431. The molecule has 5 rings (SSSR count). The molecule has 4 aromatic rings. The molecule has 0 fully saturated rings. The normalized spacial score (nSPS) is 15.4. The van der Waals surface area contributed by atoms with E-state index >= 15 is 0 Å². The molecule has 2 aromatic carbocycles. The molecule has 0 saturated carbocycles. The fourth-order valence-electron chi connectivity index (χ4n) is 4.80. The van der Waals surface area contributed by atoms with E-state index in [1.165, 1.54) is 17.0 Å². The van der Waals surface area contributed by atoms with Crippen LogP contribution in [0.4, 0.5) is 16.4 Å². The summed E-state index contributed by atoms with van der Waals surface area (Å²) in [5, 5.41) is 14.6. The summed E-state index contributed by atoms with van der Waals surface area (Å²) in [4.78, 5) is 29.9. The Labute approximate surface area is 225 Å². The number of hydrogen-bond acceptors (Lipinski definition) is 6. The van der Waals surface area contributed by atoms with Crippen molar-refractivity contribution in [3.63, 3.8) is 0 Å². The maximum atomic E-state index is 13.5. The van der Waals surface area contributed by atoms with E-state index in [0.29, 0.717) is 28.0 Å². The van der Waals surface area contributed by atoms with Crippen LogP contribution in [0.1, 0.15) is 53.8 Å². The van der Waals surface area contributed by atoms with E-state index in [1.807, 2.05) is 30.3 Å². The predicted octanol–water partition coefficient (Wildman–Crippen LogP) is 8.07. The number of thiophene rings is 1. The van der Waals surface area contributed by atoms with Crippen LogP contribution in [-0.2, 0) is 12.8 Å². The molecule has 1 amide bonds. The second kappa shape index (κ2) is 10.4. The predicted molar refractivity (Wildman–Crippen MR) is 152 cm³/mol. The number of benzene rings is 2. The van der Waals surface area contributed by atoms with Crippen molar-refractivity contribution in [1.29, 1.82) is 0 Å². The first-order valence-electron chi connectivity index (χ1n) is 12.6. The van der Waals surface area contributed by atoms with Crippen molar-refractivity contribution in [2.45, 2.75) is 40.0 Å². The van der Waals surface area contributed by atoms with Gasteiger partial charge in [-0.25, -0.2) is 4.99 Å². The largest absolute Gasteiger partial charge is 0.455 e. The standard InChI is InChI=1S/C30H29N3O4S/c1-30(2,3)20-11-15-24-26(17-20)38-29(27(24)28(34)32-21-7-5-4-6-8-21)31-18-23-14-16-25(37-23)19-9-12-22(13-10-19)33(35)36/h4-10,12-14,16,18,20H,11,15,17H2,1-3H3,(H,32,34)/t20-/m1/s1. The van der Waals surface area contributed by atoms with E-state index in [1.54, 1.807) is 41.8 Å². The molecule has 1 atom stereocenters. The van der Waals surface area contributed by atoms with Crippen LogP contribution >= 0.6 is 11.3 Å². The average Bonchev–Trinajstić information content (AvgIpc) is 3.51. The molecule has 1 aliphatic rings. The number of non-ortho nitro benzene ring substituents is 1. The Morgan fingerprint density at radius 1 is 1.11 bits per heavy atom. The van der Waals surface area contributed by atoms with Crippen molar-refractivity contribution in [3.05, 3.63) is 98.6 Å². The van der Waals surface area contributed by atoms with Gasteiger partial charge in [-0.15, -0.1) is 11.3 Å². The smallest absolute Gasteiger partial charge is 0.269 e. The third kappa shape index (κ3) is 5.45. The van der Waals surface area contributed by atoms with Crippen molar-refractivity contribution >= 4 is 39.8 Å². The van der Waals surface area contributed by atoms with Crippen LogP contribution in [0.3, 0.4) is 0 Å². The number of rotatable bonds is 6. The third-order valence-corrected chi connectivity index (χ3v) is 8.19. The van der Waals surface area contributed by atoms with Gasteiger partial charge < -0.3 is 9.73 Å². The van der Waals surface area contributed by atoms with E-state index in [-0.39, 0.29) is 17.0 Å². The van der Waals surface area contributed by atoms with Crippen LogP contribution in [0.5, 0.6) is 0 Å². The zero-order valence-electron chi connectivity index (χ0n) is 21.6. The van der Waals surface area contributed by atoms with Crippen molar-refractivity contribution in [1.82, 2.24) is 0 Å². The SMILES string of the molecule is CC(C)(C)[C@@H]1CCc2c(sc(N=Cc3ccc(-c4ccc([N+](=O)[O-])cc4)o3)c2C(=O)Nc2ccccc2)C1. The highest BCUT2D eigenvalue weighted by atomic mass is 32.1. The Bertz CT molecular complexity index is 1490. The van der Waals surface area contributed by atoms with Gasteiger partial charge in [-0.3, -0.25) is 14.9 Å². The number of para-hydroxylation sites is 1. The summed E-state index contributed by atoms with van der Waals surface area (Å²) in [6, 6.07) is 19.3. The Kier molecular flexibility index (Phi) is 6.99. The molecule has 0 unspecified atom stereocenters. The van der Waals surface area contributed by atoms with Gasteiger partial charge in [0.1, 0.15) is 16.5 Å². The van der Waals surface area contributed by atoms with Crippen LogP contribution in [0, 0.1) is 21.4 Å². The minimum absolute atomic E-state index is 0.0266. The van der Waals surface area contributed by atoms with Crippen LogP contribution in [-0.4, -0.2) is 17.0 Å². The maximum Gasteiger partial charge on any atom is 0.269 e. The number of anilines is 1. The van der Waals surface area contributed by atoms with Crippen LogP contribution in [0.25, 0.3) is 11.3 Å². The summed E-state index contributed by atoms with van der Waals surface area (Å²) < 4.78 is 5.94. The molecule has 0 bridgehead atoms. The van der Waals surface area contributed by atoms with Gasteiger partial charge in [-0.1, -0.05) is 39.0 Å². The lowest BCUT2D eigenvalue weighted by Gasteiger charge is -2.33. The van der Waals surface area contributed by atoms with E-state index in [0.717, 1.165) is 36.1 Å². The second-order valence-electron chi connectivity index (χ2n) is 10.6. The van der Waals surface area contributed by atoms with Gasteiger partial charge in [-0.2, -0.15) is 0 Å². The molecule has 2 aromatic heterocycles. The number of carbonyl (C=O) groups excluding carboxylic acids is 1. The second-order valence-corrected chi connectivity index (χ2v) is 11.7. The summed E-state index contributed by atoms with van der Waals surface area (Å²) >= 11 is 1.58. The topological polar surface area (TPSA) is 97.7 Å². The van der Waals surface area contributed by atoms with E-state index in [2.05, 4.69) is 26.1 Å². The zero-order chi connectivity index (χ0) is 26.9. The summed E-state index contributed by atoms with van der Waals surface area (Å²) in [7, 11) is 0. The Morgan fingerprint density at radius 3 is 2.53 bits per heavy atom. The molecule has 1 aliphatic carbocycles. The third-order valence-electron chi connectivity index (χ3n) is 7.03. The minimum Gasteiger partial charge on any atom is -0.455 e. The first-order valence-corrected chi connectivity index (χ1v) is 13.4. The molecule has 38 heavy (non-hydrogen) atoms. The average molecular weight is 528 g/mol. The number of nitrogens with zero attached hydrogens (tertiary/aromatic N) is 2. The van der Waals surface area contributed by atoms with Gasteiger partial charge in [0.15, 0.2) is 0 Å². The molecule has 8 heteroatoms. The fraction of sp³-hybridized carbons (Fsp3) is 0.267. The first-order chi connectivity index (χ1) is 18.2. The number of nitrogens with one attached hydrogen (secondary N) is 1. The number of furan rings is 1. The van der Waals surface area contributed by atoms with Gasteiger partial charge in [0.05, 0.1) is 16.7 Å². The quantitative estimate of drug-likeness (QED) is 0.156. The lowest BCUT2D eigenvalue weighted by molar-refractivity contribution is -0.384.